The zero-order valence-corrected chi connectivity index (χ0v) is 20.7. The molecule has 1 aromatic heterocycles. The first kappa shape index (κ1) is 31.6. The molecule has 8 nitrogen and oxygen atoms in total. The quantitative estimate of drug-likeness (QED) is 0.262. The van der Waals surface area contributed by atoms with Gasteiger partial charge in [-0.2, -0.15) is 5.10 Å². The van der Waals surface area contributed by atoms with Crippen molar-refractivity contribution < 1.29 is 33.7 Å². The van der Waals surface area contributed by atoms with Crippen LogP contribution in [0.1, 0.15) is 66.3 Å². The first-order chi connectivity index (χ1) is 17.5. The van der Waals surface area contributed by atoms with Crippen LogP contribution in [0, 0.1) is 11.6 Å². The first-order valence-electron chi connectivity index (χ1n) is 12.0. The van der Waals surface area contributed by atoms with E-state index < -0.39 is 36.3 Å². The Morgan fingerprint density at radius 2 is 1.55 bits per heavy atom. The summed E-state index contributed by atoms with van der Waals surface area (Å²) >= 11 is 0. The number of aliphatic carboxylic acids is 1. The van der Waals surface area contributed by atoms with Crippen LogP contribution in [-0.2, 0) is 17.8 Å². The van der Waals surface area contributed by atoms with E-state index in [2.05, 4.69) is 10.4 Å². The van der Waals surface area contributed by atoms with Gasteiger partial charge in [0.2, 0.25) is 0 Å². The second-order valence-electron chi connectivity index (χ2n) is 9.24. The van der Waals surface area contributed by atoms with Crippen LogP contribution in [0.4, 0.5) is 8.78 Å². The van der Waals surface area contributed by atoms with Crippen molar-refractivity contribution in [3.63, 3.8) is 0 Å². The molecule has 200 valence electrons. The summed E-state index contributed by atoms with van der Waals surface area (Å²) in [6.45, 7) is 3.97. The van der Waals surface area contributed by atoms with E-state index in [4.69, 9.17) is 5.11 Å². The van der Waals surface area contributed by atoms with E-state index in [-0.39, 0.29) is 72.8 Å². The minimum atomic E-state index is -1.19. The normalized spacial score (nSPS) is 12.6. The SMILES string of the molecule is CC(C)c1c(C(=O)NCc2ccc(F)cc2)nn(-c2ccc(F)cc2)c1CCC(O)CC(O)CC(=O)O.[NaH]. The summed E-state index contributed by atoms with van der Waals surface area (Å²) < 4.78 is 28.3. The van der Waals surface area contributed by atoms with E-state index in [1.165, 1.54) is 36.4 Å². The summed E-state index contributed by atoms with van der Waals surface area (Å²) in [5.41, 5.74) is 2.70. The molecule has 2 aromatic carbocycles. The molecule has 0 fully saturated rings. The van der Waals surface area contributed by atoms with E-state index in [1.807, 2.05) is 13.8 Å². The molecule has 4 N–H and O–H groups in total. The Morgan fingerprint density at radius 1 is 0.974 bits per heavy atom. The first-order valence-corrected chi connectivity index (χ1v) is 12.0. The number of carboxylic acids is 1. The monoisotopic (exact) mass is 539 g/mol. The third kappa shape index (κ3) is 8.71. The molecular formula is C27H32F2N3NaO5. The van der Waals surface area contributed by atoms with Crippen molar-refractivity contribution in [1.82, 2.24) is 15.1 Å². The van der Waals surface area contributed by atoms with Crippen LogP contribution in [0.25, 0.3) is 5.69 Å². The minimum absolute atomic E-state index is 0. The Kier molecular flexibility index (Phi) is 12.1. The third-order valence-electron chi connectivity index (χ3n) is 5.92. The second kappa shape index (κ2) is 14.5. The summed E-state index contributed by atoms with van der Waals surface area (Å²) in [5, 5.41) is 36.5. The van der Waals surface area contributed by atoms with Crippen molar-refractivity contribution in [3.05, 3.63) is 82.7 Å². The number of carbonyl (C=O) groups is 2. The van der Waals surface area contributed by atoms with Gasteiger partial charge in [0.25, 0.3) is 5.91 Å². The Bertz CT molecular complexity index is 1220. The Balaban J connectivity index is 0.00000507. The topological polar surface area (TPSA) is 125 Å². The summed E-state index contributed by atoms with van der Waals surface area (Å²) in [4.78, 5) is 24.0. The molecule has 0 spiro atoms. The van der Waals surface area contributed by atoms with E-state index >= 15 is 0 Å². The van der Waals surface area contributed by atoms with Gasteiger partial charge in [0.15, 0.2) is 5.69 Å². The Labute approximate surface area is 242 Å². The molecular weight excluding hydrogens is 507 g/mol. The maximum atomic E-state index is 13.6. The number of nitrogens with zero attached hydrogens (tertiary/aromatic N) is 2. The number of aliphatic hydroxyl groups is 2. The van der Waals surface area contributed by atoms with Crippen molar-refractivity contribution in [2.45, 2.75) is 64.2 Å². The van der Waals surface area contributed by atoms with Gasteiger partial charge in [-0.05, 0) is 67.1 Å². The molecule has 0 bridgehead atoms. The van der Waals surface area contributed by atoms with E-state index in [0.717, 1.165) is 0 Å². The van der Waals surface area contributed by atoms with Gasteiger partial charge in [-0.15, -0.1) is 0 Å². The van der Waals surface area contributed by atoms with Crippen LogP contribution >= 0.6 is 0 Å². The zero-order valence-electron chi connectivity index (χ0n) is 20.7. The van der Waals surface area contributed by atoms with Crippen molar-refractivity contribution >= 4 is 41.4 Å². The van der Waals surface area contributed by atoms with Crippen LogP contribution in [-0.4, -0.2) is 78.7 Å². The van der Waals surface area contributed by atoms with Crippen molar-refractivity contribution in [1.29, 1.82) is 0 Å². The predicted octanol–water partition coefficient (Wildman–Crippen LogP) is 3.07. The molecule has 2 atom stereocenters. The van der Waals surface area contributed by atoms with Crippen LogP contribution in [0.3, 0.4) is 0 Å². The molecule has 0 saturated heterocycles. The van der Waals surface area contributed by atoms with Gasteiger partial charge in [-0.25, -0.2) is 13.5 Å². The zero-order chi connectivity index (χ0) is 27.1. The molecule has 1 amide bonds. The number of rotatable bonds is 12. The molecule has 3 rings (SSSR count). The summed E-state index contributed by atoms with van der Waals surface area (Å²) in [6.07, 6.45) is -2.31. The van der Waals surface area contributed by atoms with Gasteiger partial charge in [0.1, 0.15) is 11.6 Å². The molecule has 38 heavy (non-hydrogen) atoms. The number of aromatic nitrogens is 2. The van der Waals surface area contributed by atoms with Crippen LogP contribution in [0.5, 0.6) is 0 Å². The Hall–Kier alpha value is -2.63. The molecule has 11 heteroatoms. The van der Waals surface area contributed by atoms with Crippen LogP contribution < -0.4 is 5.32 Å². The second-order valence-corrected chi connectivity index (χ2v) is 9.24. The fourth-order valence-corrected chi connectivity index (χ4v) is 4.16. The number of hydrogen-bond donors (Lipinski definition) is 4. The van der Waals surface area contributed by atoms with Gasteiger partial charge in [0, 0.05) is 17.8 Å². The average Bonchev–Trinajstić information content (AvgIpc) is 3.22. The molecule has 0 aliphatic heterocycles. The number of hydrogen-bond acceptors (Lipinski definition) is 5. The molecule has 0 aliphatic rings. The number of halogens is 2. The molecule has 0 saturated carbocycles. The van der Waals surface area contributed by atoms with Crippen LogP contribution in [0.15, 0.2) is 48.5 Å². The number of nitrogens with one attached hydrogen (secondary N) is 1. The summed E-state index contributed by atoms with van der Waals surface area (Å²) in [7, 11) is 0. The van der Waals surface area contributed by atoms with E-state index in [0.29, 0.717) is 22.5 Å². The van der Waals surface area contributed by atoms with Crippen molar-refractivity contribution in [2.24, 2.45) is 0 Å². The van der Waals surface area contributed by atoms with Crippen molar-refractivity contribution in [2.75, 3.05) is 0 Å². The summed E-state index contributed by atoms with van der Waals surface area (Å²) in [6, 6.07) is 11.4. The van der Waals surface area contributed by atoms with Gasteiger partial charge < -0.3 is 20.6 Å². The van der Waals surface area contributed by atoms with Gasteiger partial charge in [-0.3, -0.25) is 9.59 Å². The van der Waals surface area contributed by atoms with Crippen molar-refractivity contribution in [3.8, 4) is 5.69 Å². The van der Waals surface area contributed by atoms with Gasteiger partial charge in [-0.1, -0.05) is 26.0 Å². The third-order valence-corrected chi connectivity index (χ3v) is 5.92. The molecule has 1 heterocycles. The molecule has 3 aromatic rings. The standard InChI is InChI=1S/C27H31F2N3O5.Na.H/c1-16(2)25-23(12-11-21(33)13-22(34)14-24(35)36)32(20-9-7-19(29)8-10-20)31-26(25)27(37)30-15-17-3-5-18(28)6-4-17;;/h3-10,16,21-22,33-34H,11-15H2,1-2H3,(H,30,37)(H,35,36);;. The number of benzene rings is 2. The predicted molar refractivity (Wildman–Crippen MR) is 140 cm³/mol. The maximum absolute atomic E-state index is 13.6. The van der Waals surface area contributed by atoms with Gasteiger partial charge in [0.05, 0.1) is 24.3 Å². The number of aliphatic hydroxyl groups excluding tert-OH is 2. The number of amides is 1. The number of carboxylic acid groups (broad SMARTS) is 1. The molecule has 2 unspecified atom stereocenters. The van der Waals surface area contributed by atoms with Crippen LogP contribution in [0.2, 0.25) is 0 Å². The Morgan fingerprint density at radius 3 is 2.11 bits per heavy atom. The molecule has 0 radical (unpaired) electrons. The van der Waals surface area contributed by atoms with E-state index in [9.17, 15) is 28.6 Å². The molecule has 0 aliphatic carbocycles. The number of carbonyl (C=O) groups excluding carboxylic acids is 1. The average molecular weight is 540 g/mol. The summed E-state index contributed by atoms with van der Waals surface area (Å²) in [5.74, 6) is -2.54. The fraction of sp³-hybridized carbons (Fsp3) is 0.370. The fourth-order valence-electron chi connectivity index (χ4n) is 4.16. The van der Waals surface area contributed by atoms with Gasteiger partial charge >= 0.3 is 35.5 Å². The van der Waals surface area contributed by atoms with E-state index in [1.54, 1.807) is 16.8 Å².